The van der Waals surface area contributed by atoms with Crippen LogP contribution in [0.1, 0.15) is 22.4 Å². The Hall–Kier alpha value is -2.09. The SMILES string of the molecule is O=C(CCc1ccccc1)NCc1sccc1C#CCO. The van der Waals surface area contributed by atoms with Gasteiger partial charge in [-0.3, -0.25) is 4.79 Å². The van der Waals surface area contributed by atoms with Crippen molar-refractivity contribution in [2.24, 2.45) is 0 Å². The van der Waals surface area contributed by atoms with E-state index in [-0.39, 0.29) is 12.5 Å². The van der Waals surface area contributed by atoms with Gasteiger partial charge in [0, 0.05) is 16.9 Å². The normalized spacial score (nSPS) is 9.76. The Labute approximate surface area is 128 Å². The highest BCUT2D eigenvalue weighted by molar-refractivity contribution is 7.10. The van der Waals surface area contributed by atoms with E-state index in [4.69, 9.17) is 5.11 Å². The van der Waals surface area contributed by atoms with Crippen LogP contribution in [0.15, 0.2) is 41.8 Å². The second kappa shape index (κ2) is 8.25. The summed E-state index contributed by atoms with van der Waals surface area (Å²) in [6, 6.07) is 11.9. The van der Waals surface area contributed by atoms with Crippen LogP contribution >= 0.6 is 11.3 Å². The third kappa shape index (κ3) is 5.07. The van der Waals surface area contributed by atoms with Gasteiger partial charge in [0.1, 0.15) is 6.61 Å². The molecular weight excluding hydrogens is 282 g/mol. The molecule has 4 heteroatoms. The summed E-state index contributed by atoms with van der Waals surface area (Å²) in [7, 11) is 0. The summed E-state index contributed by atoms with van der Waals surface area (Å²) in [6.07, 6.45) is 1.22. The molecule has 0 aliphatic rings. The molecule has 108 valence electrons. The number of carbonyl (C=O) groups is 1. The molecule has 0 aliphatic heterocycles. The van der Waals surface area contributed by atoms with Gasteiger partial charge in [-0.1, -0.05) is 42.2 Å². The highest BCUT2D eigenvalue weighted by Crippen LogP contribution is 2.15. The van der Waals surface area contributed by atoms with E-state index in [0.29, 0.717) is 13.0 Å². The summed E-state index contributed by atoms with van der Waals surface area (Å²) in [6.45, 7) is 0.333. The number of nitrogens with one attached hydrogen (secondary N) is 1. The van der Waals surface area contributed by atoms with E-state index in [1.54, 1.807) is 11.3 Å². The molecule has 1 amide bonds. The molecular formula is C17H17NO2S. The molecule has 0 spiro atoms. The van der Waals surface area contributed by atoms with Crippen LogP contribution < -0.4 is 5.32 Å². The third-order valence-electron chi connectivity index (χ3n) is 2.98. The Morgan fingerprint density at radius 3 is 2.81 bits per heavy atom. The van der Waals surface area contributed by atoms with E-state index in [1.807, 2.05) is 41.8 Å². The van der Waals surface area contributed by atoms with E-state index in [9.17, 15) is 4.79 Å². The van der Waals surface area contributed by atoms with Gasteiger partial charge in [0.05, 0.1) is 6.54 Å². The Kier molecular flexibility index (Phi) is 6.01. The van der Waals surface area contributed by atoms with E-state index >= 15 is 0 Å². The van der Waals surface area contributed by atoms with E-state index in [2.05, 4.69) is 17.2 Å². The summed E-state index contributed by atoms with van der Waals surface area (Å²) in [5.41, 5.74) is 2.04. The van der Waals surface area contributed by atoms with Crippen molar-refractivity contribution in [1.82, 2.24) is 5.32 Å². The van der Waals surface area contributed by atoms with Gasteiger partial charge < -0.3 is 10.4 Å². The number of aliphatic hydroxyl groups is 1. The van der Waals surface area contributed by atoms with E-state index < -0.39 is 0 Å². The van der Waals surface area contributed by atoms with E-state index in [1.165, 1.54) is 5.56 Å². The lowest BCUT2D eigenvalue weighted by molar-refractivity contribution is -0.121. The molecule has 0 saturated carbocycles. The lowest BCUT2D eigenvalue weighted by atomic mass is 10.1. The van der Waals surface area contributed by atoms with Gasteiger partial charge in [0.15, 0.2) is 0 Å². The highest BCUT2D eigenvalue weighted by Gasteiger charge is 2.05. The Morgan fingerprint density at radius 1 is 1.24 bits per heavy atom. The number of carbonyl (C=O) groups excluding carboxylic acids is 1. The number of hydrogen-bond acceptors (Lipinski definition) is 3. The maximum Gasteiger partial charge on any atom is 0.220 e. The van der Waals surface area contributed by atoms with Gasteiger partial charge in [-0.25, -0.2) is 0 Å². The Morgan fingerprint density at radius 2 is 2.05 bits per heavy atom. The second-order valence-electron chi connectivity index (χ2n) is 4.48. The first-order valence-electron chi connectivity index (χ1n) is 6.76. The maximum atomic E-state index is 11.9. The van der Waals surface area contributed by atoms with Crippen LogP contribution in [0, 0.1) is 11.8 Å². The monoisotopic (exact) mass is 299 g/mol. The Bertz CT molecular complexity index is 638. The van der Waals surface area contributed by atoms with Crippen molar-refractivity contribution >= 4 is 17.2 Å². The number of benzene rings is 1. The van der Waals surface area contributed by atoms with Crippen molar-refractivity contribution in [2.45, 2.75) is 19.4 Å². The minimum absolute atomic E-state index is 0.0355. The summed E-state index contributed by atoms with van der Waals surface area (Å²) < 4.78 is 0. The second-order valence-corrected chi connectivity index (χ2v) is 5.48. The van der Waals surface area contributed by atoms with Crippen molar-refractivity contribution < 1.29 is 9.90 Å². The number of aliphatic hydroxyl groups excluding tert-OH is 1. The van der Waals surface area contributed by atoms with Crippen molar-refractivity contribution in [3.63, 3.8) is 0 Å². The van der Waals surface area contributed by atoms with E-state index in [0.717, 1.165) is 16.9 Å². The summed E-state index contributed by atoms with van der Waals surface area (Å²) in [5.74, 6) is 5.54. The zero-order chi connectivity index (χ0) is 14.9. The van der Waals surface area contributed by atoms with Crippen LogP contribution in [0.4, 0.5) is 0 Å². The molecule has 0 atom stereocenters. The van der Waals surface area contributed by atoms with Gasteiger partial charge in [0.2, 0.25) is 5.91 Å². The minimum atomic E-state index is -0.154. The first-order chi connectivity index (χ1) is 10.3. The molecule has 1 aromatic heterocycles. The van der Waals surface area contributed by atoms with Gasteiger partial charge >= 0.3 is 0 Å². The van der Waals surface area contributed by atoms with Crippen LogP contribution in [0.2, 0.25) is 0 Å². The summed E-state index contributed by atoms with van der Waals surface area (Å²) in [4.78, 5) is 12.9. The molecule has 2 rings (SSSR count). The van der Waals surface area contributed by atoms with Crippen LogP contribution in [0.5, 0.6) is 0 Å². The molecule has 2 aromatic rings. The molecule has 21 heavy (non-hydrogen) atoms. The highest BCUT2D eigenvalue weighted by atomic mass is 32.1. The third-order valence-corrected chi connectivity index (χ3v) is 3.90. The molecule has 0 saturated heterocycles. The fraction of sp³-hybridized carbons (Fsp3) is 0.235. The topological polar surface area (TPSA) is 49.3 Å². The van der Waals surface area contributed by atoms with Crippen molar-refractivity contribution in [3.05, 3.63) is 57.8 Å². The fourth-order valence-electron chi connectivity index (χ4n) is 1.89. The lowest BCUT2D eigenvalue weighted by Gasteiger charge is -2.04. The van der Waals surface area contributed by atoms with Gasteiger partial charge in [-0.05, 0) is 23.4 Å². The molecule has 2 N–H and O–H groups in total. The molecule has 1 aromatic carbocycles. The number of amides is 1. The summed E-state index contributed by atoms with van der Waals surface area (Å²) in [5, 5.41) is 13.6. The van der Waals surface area contributed by atoms with Crippen LogP contribution in [0.25, 0.3) is 0 Å². The van der Waals surface area contributed by atoms with Gasteiger partial charge in [0.25, 0.3) is 0 Å². The predicted molar refractivity (Wildman–Crippen MR) is 84.9 cm³/mol. The molecule has 3 nitrogen and oxygen atoms in total. The Balaban J connectivity index is 1.80. The molecule has 1 heterocycles. The standard InChI is InChI=1S/C17H17NO2S/c19-11-4-7-15-10-12-21-16(15)13-18-17(20)9-8-14-5-2-1-3-6-14/h1-3,5-6,10,12,19H,8-9,11,13H2,(H,18,20). The average molecular weight is 299 g/mol. The zero-order valence-corrected chi connectivity index (χ0v) is 12.5. The largest absolute Gasteiger partial charge is 0.384 e. The van der Waals surface area contributed by atoms with Crippen LogP contribution in [0.3, 0.4) is 0 Å². The van der Waals surface area contributed by atoms with Crippen molar-refractivity contribution in [2.75, 3.05) is 6.61 Å². The van der Waals surface area contributed by atoms with Crippen molar-refractivity contribution in [3.8, 4) is 11.8 Å². The number of hydrogen-bond donors (Lipinski definition) is 2. The molecule has 0 unspecified atom stereocenters. The number of rotatable bonds is 5. The number of aryl methyl sites for hydroxylation is 1. The molecule has 0 fully saturated rings. The summed E-state index contributed by atoms with van der Waals surface area (Å²) >= 11 is 1.56. The van der Waals surface area contributed by atoms with Crippen LogP contribution in [-0.2, 0) is 17.8 Å². The van der Waals surface area contributed by atoms with Gasteiger partial charge in [-0.15, -0.1) is 11.3 Å². The molecule has 0 bridgehead atoms. The van der Waals surface area contributed by atoms with Gasteiger partial charge in [-0.2, -0.15) is 0 Å². The number of thiophene rings is 1. The predicted octanol–water partition coefficient (Wildman–Crippen LogP) is 2.34. The molecule has 0 radical (unpaired) electrons. The zero-order valence-electron chi connectivity index (χ0n) is 11.6. The maximum absolute atomic E-state index is 11.9. The first-order valence-corrected chi connectivity index (χ1v) is 7.64. The van der Waals surface area contributed by atoms with Crippen molar-refractivity contribution in [1.29, 1.82) is 0 Å². The first kappa shape index (κ1) is 15.3. The quantitative estimate of drug-likeness (QED) is 0.833. The smallest absolute Gasteiger partial charge is 0.220 e. The molecule has 0 aliphatic carbocycles. The van der Waals surface area contributed by atoms with Crippen LogP contribution in [-0.4, -0.2) is 17.6 Å². The minimum Gasteiger partial charge on any atom is -0.384 e. The lowest BCUT2D eigenvalue weighted by Crippen LogP contribution is -2.22. The average Bonchev–Trinajstić information content (AvgIpc) is 2.97. The fourth-order valence-corrected chi connectivity index (χ4v) is 2.66.